The van der Waals surface area contributed by atoms with Gasteiger partial charge in [-0.15, -0.1) is 0 Å². The van der Waals surface area contributed by atoms with E-state index in [0.29, 0.717) is 4.75 Å². The first kappa shape index (κ1) is 12.9. The molecule has 0 bridgehead atoms. The van der Waals surface area contributed by atoms with Crippen LogP contribution in [0.1, 0.15) is 13.8 Å². The summed E-state index contributed by atoms with van der Waals surface area (Å²) in [6, 6.07) is 0. The number of hydrogen-bond donors (Lipinski definition) is 0. The van der Waals surface area contributed by atoms with Gasteiger partial charge < -0.3 is 0 Å². The molecule has 0 heterocycles. The van der Waals surface area contributed by atoms with Gasteiger partial charge in [0.25, 0.3) is 0 Å². The summed E-state index contributed by atoms with van der Waals surface area (Å²) in [5.41, 5.74) is 3.25. The second-order valence-electron chi connectivity index (χ2n) is 4.28. The minimum atomic E-state index is -2.76. The molecule has 0 rings (SSSR count). The van der Waals surface area contributed by atoms with Gasteiger partial charge in [0.1, 0.15) is 0 Å². The molecule has 0 amide bonds. The van der Waals surface area contributed by atoms with E-state index in [9.17, 15) is 0 Å². The Morgan fingerprint density at radius 3 is 1.83 bits per heavy atom. The van der Waals surface area contributed by atoms with Crippen molar-refractivity contribution >= 4 is 39.5 Å². The third-order valence-corrected chi connectivity index (χ3v) is 12.3. The molecule has 0 saturated carbocycles. The van der Waals surface area contributed by atoms with Crippen molar-refractivity contribution in [1.29, 1.82) is 0 Å². The normalized spacial score (nSPS) is 12.7. The summed E-state index contributed by atoms with van der Waals surface area (Å²) < 4.78 is 3.49. The Morgan fingerprint density at radius 1 is 1.17 bits per heavy atom. The summed E-state index contributed by atoms with van der Waals surface area (Å²) >= 11 is -2.76. The maximum atomic E-state index is 6.18. The monoisotopic (exact) mass is 284 g/mol. The standard InChI is InChI=1S/C8H16Cl2GeSi/c1-8(2)11(9,10)6-7-12(3,4)5/h8H,1-5H3. The molecular formula is C8H16Cl2GeSi. The van der Waals surface area contributed by atoms with Crippen LogP contribution in [0.4, 0.5) is 0 Å². The summed E-state index contributed by atoms with van der Waals surface area (Å²) in [5.74, 6) is 0. The van der Waals surface area contributed by atoms with Crippen LogP contribution in [0, 0.1) is 10.3 Å². The molecular weight excluding hydrogens is 268 g/mol. The van der Waals surface area contributed by atoms with Gasteiger partial charge in [-0.2, -0.15) is 0 Å². The van der Waals surface area contributed by atoms with Crippen LogP contribution in [0.5, 0.6) is 0 Å². The summed E-state index contributed by atoms with van der Waals surface area (Å²) in [6.45, 7) is 10.7. The molecule has 4 heteroatoms. The molecule has 70 valence electrons. The molecule has 0 fully saturated rings. The summed E-state index contributed by atoms with van der Waals surface area (Å²) in [5, 5.41) is 0. The molecule has 0 nitrogen and oxygen atoms in total. The second kappa shape index (κ2) is 4.41. The van der Waals surface area contributed by atoms with Gasteiger partial charge in [0.05, 0.1) is 0 Å². The summed E-state index contributed by atoms with van der Waals surface area (Å²) in [4.78, 5) is 0. The second-order valence-corrected chi connectivity index (χ2v) is 21.8. The van der Waals surface area contributed by atoms with E-state index >= 15 is 0 Å². The van der Waals surface area contributed by atoms with E-state index in [-0.39, 0.29) is 0 Å². The topological polar surface area (TPSA) is 0 Å². The predicted octanol–water partition coefficient (Wildman–Crippen LogP) is 3.74. The van der Waals surface area contributed by atoms with Crippen molar-refractivity contribution in [2.75, 3.05) is 0 Å². The van der Waals surface area contributed by atoms with E-state index in [1.54, 1.807) is 0 Å². The van der Waals surface area contributed by atoms with E-state index in [2.05, 4.69) is 43.8 Å². The van der Waals surface area contributed by atoms with E-state index in [4.69, 9.17) is 20.0 Å². The zero-order valence-corrected chi connectivity index (χ0v) is 12.9. The zero-order chi connectivity index (χ0) is 9.99. The van der Waals surface area contributed by atoms with Crippen molar-refractivity contribution in [2.24, 2.45) is 0 Å². The first-order valence-corrected chi connectivity index (χ1v) is 15.3. The van der Waals surface area contributed by atoms with Gasteiger partial charge in [-0.1, -0.05) is 0 Å². The fourth-order valence-electron chi connectivity index (χ4n) is 0.415. The quantitative estimate of drug-likeness (QED) is 0.508. The SMILES string of the molecule is C[CH](C)[Ge]([Cl])([Cl])[C]#C[Si](C)(C)C. The van der Waals surface area contributed by atoms with Gasteiger partial charge in [0.2, 0.25) is 0 Å². The summed E-state index contributed by atoms with van der Waals surface area (Å²) in [6.07, 6.45) is 0. The molecule has 0 aliphatic rings. The van der Waals surface area contributed by atoms with Crippen LogP contribution in [0.2, 0.25) is 24.4 Å². The Kier molecular flexibility index (Phi) is 4.74. The van der Waals surface area contributed by atoms with E-state index in [0.717, 1.165) is 0 Å². The molecule has 0 saturated heterocycles. The van der Waals surface area contributed by atoms with Crippen molar-refractivity contribution in [3.8, 4) is 10.3 Å². The van der Waals surface area contributed by atoms with Gasteiger partial charge >= 0.3 is 88.0 Å². The minimum absolute atomic E-state index is 0.359. The summed E-state index contributed by atoms with van der Waals surface area (Å²) in [7, 11) is 11.1. The third-order valence-electron chi connectivity index (χ3n) is 1.33. The fraction of sp³-hybridized carbons (Fsp3) is 0.750. The molecule has 0 spiro atoms. The molecule has 0 aliphatic carbocycles. The van der Waals surface area contributed by atoms with E-state index < -0.39 is 19.5 Å². The van der Waals surface area contributed by atoms with Crippen molar-refractivity contribution < 1.29 is 0 Å². The molecule has 0 radical (unpaired) electrons. The third kappa shape index (κ3) is 5.53. The Hall–Kier alpha value is 0.900. The van der Waals surface area contributed by atoms with Crippen molar-refractivity contribution in [1.82, 2.24) is 0 Å². The average molecular weight is 284 g/mol. The average Bonchev–Trinajstić information content (AvgIpc) is 1.82. The zero-order valence-electron chi connectivity index (χ0n) is 8.33. The van der Waals surface area contributed by atoms with E-state index in [1.807, 2.05) is 0 Å². The van der Waals surface area contributed by atoms with Gasteiger partial charge in [0, 0.05) is 0 Å². The van der Waals surface area contributed by atoms with Gasteiger partial charge in [-0.05, 0) is 0 Å². The molecule has 0 N–H and O–H groups in total. The van der Waals surface area contributed by atoms with Crippen molar-refractivity contribution in [3.63, 3.8) is 0 Å². The molecule has 0 unspecified atom stereocenters. The van der Waals surface area contributed by atoms with Crippen LogP contribution in [0.3, 0.4) is 0 Å². The van der Waals surface area contributed by atoms with Crippen LogP contribution >= 0.6 is 20.0 Å². The van der Waals surface area contributed by atoms with Crippen LogP contribution < -0.4 is 0 Å². The molecule has 0 aromatic rings. The van der Waals surface area contributed by atoms with Crippen molar-refractivity contribution in [2.45, 2.75) is 38.2 Å². The Morgan fingerprint density at radius 2 is 1.58 bits per heavy atom. The molecule has 12 heavy (non-hydrogen) atoms. The van der Waals surface area contributed by atoms with Crippen molar-refractivity contribution in [3.05, 3.63) is 0 Å². The van der Waals surface area contributed by atoms with Crippen LogP contribution in [-0.2, 0) is 0 Å². The molecule has 0 aromatic heterocycles. The van der Waals surface area contributed by atoms with Gasteiger partial charge in [-0.25, -0.2) is 0 Å². The van der Waals surface area contributed by atoms with Crippen LogP contribution in [-0.4, -0.2) is 19.5 Å². The first-order valence-electron chi connectivity index (χ1n) is 4.07. The predicted molar refractivity (Wildman–Crippen MR) is 63.7 cm³/mol. The van der Waals surface area contributed by atoms with Gasteiger partial charge in [0.15, 0.2) is 0 Å². The van der Waals surface area contributed by atoms with E-state index in [1.165, 1.54) is 0 Å². The number of hydrogen-bond acceptors (Lipinski definition) is 0. The molecule has 0 aliphatic heterocycles. The number of rotatable bonds is 1. The number of halogens is 2. The Bertz CT molecular complexity index is 207. The molecule has 0 atom stereocenters. The van der Waals surface area contributed by atoms with Crippen LogP contribution in [0.15, 0.2) is 0 Å². The Balaban J connectivity index is 4.50. The van der Waals surface area contributed by atoms with Gasteiger partial charge in [-0.3, -0.25) is 0 Å². The molecule has 0 aromatic carbocycles. The Labute approximate surface area is 87.8 Å². The first-order chi connectivity index (χ1) is 5.15. The fourth-order valence-corrected chi connectivity index (χ4v) is 6.44. The van der Waals surface area contributed by atoms with Crippen LogP contribution in [0.25, 0.3) is 0 Å². The maximum absolute atomic E-state index is 6.18.